The highest BCUT2D eigenvalue weighted by atomic mass is 32.2. The average Bonchev–Trinajstić information content (AvgIpc) is 2.84. The Morgan fingerprint density at radius 2 is 1.61 bits per heavy atom. The van der Waals surface area contributed by atoms with Crippen LogP contribution in [0.25, 0.3) is 0 Å². The van der Waals surface area contributed by atoms with E-state index in [-0.39, 0.29) is 10.0 Å². The van der Waals surface area contributed by atoms with Crippen LogP contribution in [0.15, 0.2) is 42.5 Å². The van der Waals surface area contributed by atoms with Crippen molar-refractivity contribution in [2.75, 3.05) is 24.7 Å². The van der Waals surface area contributed by atoms with Gasteiger partial charge in [-0.1, -0.05) is 38.5 Å². The minimum Gasteiger partial charge on any atom is -0.493 e. The molecule has 0 fully saturated rings. The van der Waals surface area contributed by atoms with Crippen molar-refractivity contribution in [3.05, 3.63) is 64.7 Å². The molecule has 2 aromatic rings. The van der Waals surface area contributed by atoms with E-state index in [4.69, 9.17) is 9.47 Å². The molecule has 0 unspecified atom stereocenters. The Morgan fingerprint density at radius 1 is 0.970 bits per heavy atom. The lowest BCUT2D eigenvalue weighted by molar-refractivity contribution is 0.0526. The Morgan fingerprint density at radius 3 is 2.24 bits per heavy atom. The number of hydrogen-bond acceptors (Lipinski definition) is 5. The lowest BCUT2D eigenvalue weighted by Crippen LogP contribution is -2.28. The molecule has 0 spiro atoms. The first-order valence-electron chi connectivity index (χ1n) is 12.0. The van der Waals surface area contributed by atoms with Crippen LogP contribution in [0.5, 0.6) is 5.75 Å². The summed E-state index contributed by atoms with van der Waals surface area (Å²) in [6, 6.07) is 13.6. The van der Waals surface area contributed by atoms with Crippen LogP contribution >= 0.6 is 23.5 Å². The van der Waals surface area contributed by atoms with Crippen LogP contribution in [-0.2, 0) is 8.82 Å². The molecule has 0 radical (unpaired) electrons. The van der Waals surface area contributed by atoms with Gasteiger partial charge in [-0.3, -0.25) is 0 Å². The number of unbranched alkanes of at least 4 members (excludes halogenated alkanes) is 2. The molecule has 3 rings (SSSR count). The summed E-state index contributed by atoms with van der Waals surface area (Å²) in [7, 11) is 0. The molecule has 1 aliphatic rings. The zero-order valence-corrected chi connectivity index (χ0v) is 21.6. The predicted octanol–water partition coefficient (Wildman–Crippen LogP) is 7.27. The molecular formula is C28H34O3S2. The first kappa shape index (κ1) is 25.6. The molecular weight excluding hydrogens is 448 g/mol. The zero-order valence-electron chi connectivity index (χ0n) is 19.9. The summed E-state index contributed by atoms with van der Waals surface area (Å²) in [5, 5.41) is 0. The Bertz CT molecular complexity index is 963. The van der Waals surface area contributed by atoms with E-state index in [1.54, 1.807) is 19.1 Å². The number of ether oxygens (including phenoxy) is 2. The van der Waals surface area contributed by atoms with Gasteiger partial charge in [0.05, 0.1) is 22.9 Å². The summed E-state index contributed by atoms with van der Waals surface area (Å²) in [4.78, 5) is 11.8. The van der Waals surface area contributed by atoms with Gasteiger partial charge >= 0.3 is 5.97 Å². The number of fused-ring (bicyclic) bond motifs is 1. The summed E-state index contributed by atoms with van der Waals surface area (Å²) >= 11 is 4.17. The number of benzene rings is 2. The molecule has 0 bridgehead atoms. The maximum atomic E-state index is 11.8. The van der Waals surface area contributed by atoms with Crippen LogP contribution in [0, 0.1) is 11.8 Å². The van der Waals surface area contributed by atoms with E-state index in [9.17, 15) is 4.79 Å². The number of carbonyl (C=O) groups excluding carboxylic acids is 1. The third-order valence-corrected chi connectivity index (χ3v) is 8.97. The molecule has 33 heavy (non-hydrogen) atoms. The normalized spacial score (nSPS) is 13.9. The Kier molecular flexibility index (Phi) is 10.1. The van der Waals surface area contributed by atoms with E-state index in [0.29, 0.717) is 12.2 Å². The summed E-state index contributed by atoms with van der Waals surface area (Å²) in [5.74, 6) is 9.58. The maximum absolute atomic E-state index is 11.8. The van der Waals surface area contributed by atoms with Crippen molar-refractivity contribution in [3.8, 4) is 17.6 Å². The second kappa shape index (κ2) is 13.0. The van der Waals surface area contributed by atoms with Gasteiger partial charge < -0.3 is 9.47 Å². The van der Waals surface area contributed by atoms with Crippen LogP contribution < -0.4 is 4.74 Å². The molecule has 0 N–H and O–H groups in total. The Labute approximate surface area is 207 Å². The number of esters is 1. The molecule has 0 aliphatic carbocycles. The molecule has 0 aromatic heterocycles. The second-order valence-electron chi connectivity index (χ2n) is 8.01. The van der Waals surface area contributed by atoms with Crippen LogP contribution in [0.4, 0.5) is 0 Å². The monoisotopic (exact) mass is 482 g/mol. The van der Waals surface area contributed by atoms with Crippen LogP contribution in [0.1, 0.15) is 79.9 Å². The summed E-state index contributed by atoms with van der Waals surface area (Å²) in [5.41, 5.74) is 3.69. The lowest BCUT2D eigenvalue weighted by atomic mass is 10.0. The minimum atomic E-state index is -0.302. The van der Waals surface area contributed by atoms with Gasteiger partial charge in [-0.25, -0.2) is 4.79 Å². The van der Waals surface area contributed by atoms with Gasteiger partial charge in [-0.05, 0) is 73.7 Å². The highest BCUT2D eigenvalue weighted by Crippen LogP contribution is 2.55. The van der Waals surface area contributed by atoms with Crippen molar-refractivity contribution in [1.29, 1.82) is 0 Å². The molecule has 176 valence electrons. The molecule has 1 heterocycles. The summed E-state index contributed by atoms with van der Waals surface area (Å²) in [6.07, 6.45) is 5.92. The standard InChI is InChI=1S/C28H34O3S2/c1-4-7-19-32-28(33-20-8-5-2)17-18-31-26-16-13-23(21-25(26)28)10-9-22-11-14-24(15-12-22)27(29)30-6-3/h11-16,21H,4-8,17-20H2,1-3H3. The first-order valence-corrected chi connectivity index (χ1v) is 13.9. The second-order valence-corrected chi connectivity index (χ2v) is 11.1. The molecule has 0 saturated carbocycles. The lowest BCUT2D eigenvalue weighted by Gasteiger charge is -2.38. The quantitative estimate of drug-likeness (QED) is 0.154. The van der Waals surface area contributed by atoms with Gasteiger partial charge in [0.15, 0.2) is 0 Å². The molecule has 5 heteroatoms. The fraction of sp³-hybridized carbons (Fsp3) is 0.464. The van der Waals surface area contributed by atoms with Crippen LogP contribution in [0.2, 0.25) is 0 Å². The van der Waals surface area contributed by atoms with E-state index in [0.717, 1.165) is 41.4 Å². The van der Waals surface area contributed by atoms with Gasteiger partial charge in [-0.2, -0.15) is 0 Å². The van der Waals surface area contributed by atoms with Crippen molar-refractivity contribution in [3.63, 3.8) is 0 Å². The van der Waals surface area contributed by atoms with Gasteiger partial charge in [0.1, 0.15) is 5.75 Å². The van der Waals surface area contributed by atoms with Gasteiger partial charge in [0.25, 0.3) is 0 Å². The van der Waals surface area contributed by atoms with Gasteiger partial charge in [0, 0.05) is 23.1 Å². The Hall–Kier alpha value is -2.03. The smallest absolute Gasteiger partial charge is 0.338 e. The topological polar surface area (TPSA) is 35.5 Å². The van der Waals surface area contributed by atoms with Gasteiger partial charge in [-0.15, -0.1) is 23.5 Å². The fourth-order valence-corrected chi connectivity index (χ4v) is 7.06. The van der Waals surface area contributed by atoms with E-state index < -0.39 is 0 Å². The fourth-order valence-electron chi connectivity index (χ4n) is 3.61. The summed E-state index contributed by atoms with van der Waals surface area (Å²) < 4.78 is 11.1. The molecule has 0 saturated heterocycles. The molecule has 0 amide bonds. The predicted molar refractivity (Wildman–Crippen MR) is 141 cm³/mol. The maximum Gasteiger partial charge on any atom is 0.338 e. The van der Waals surface area contributed by atoms with E-state index in [2.05, 4.69) is 61.3 Å². The summed E-state index contributed by atoms with van der Waals surface area (Å²) in [6.45, 7) is 7.45. The SMILES string of the molecule is CCCCSC1(SCCCC)CCOc2ccc(C#Cc3ccc(C(=O)OCC)cc3)cc21. The molecule has 0 atom stereocenters. The van der Waals surface area contributed by atoms with E-state index >= 15 is 0 Å². The third-order valence-electron chi connectivity index (χ3n) is 5.49. The third kappa shape index (κ3) is 6.98. The number of rotatable bonds is 10. The van der Waals surface area contributed by atoms with Crippen molar-refractivity contribution in [1.82, 2.24) is 0 Å². The van der Waals surface area contributed by atoms with Crippen molar-refractivity contribution in [2.45, 2.75) is 57.0 Å². The molecule has 3 nitrogen and oxygen atoms in total. The van der Waals surface area contributed by atoms with Crippen molar-refractivity contribution >= 4 is 29.5 Å². The minimum absolute atomic E-state index is 0.0386. The van der Waals surface area contributed by atoms with E-state index in [1.165, 1.54) is 31.2 Å². The molecule has 2 aromatic carbocycles. The highest BCUT2D eigenvalue weighted by Gasteiger charge is 2.38. The van der Waals surface area contributed by atoms with Crippen LogP contribution in [0.3, 0.4) is 0 Å². The largest absolute Gasteiger partial charge is 0.493 e. The Balaban J connectivity index is 1.84. The van der Waals surface area contributed by atoms with Crippen LogP contribution in [-0.4, -0.2) is 30.7 Å². The van der Waals surface area contributed by atoms with Crippen molar-refractivity contribution < 1.29 is 14.3 Å². The number of hydrogen-bond donors (Lipinski definition) is 0. The molecule has 1 aliphatic heterocycles. The first-order chi connectivity index (χ1) is 16.1. The number of thioether (sulfide) groups is 2. The average molecular weight is 483 g/mol. The van der Waals surface area contributed by atoms with Crippen molar-refractivity contribution in [2.24, 2.45) is 0 Å². The number of carbonyl (C=O) groups is 1. The van der Waals surface area contributed by atoms with Gasteiger partial charge in [0.2, 0.25) is 0 Å². The highest BCUT2D eigenvalue weighted by molar-refractivity contribution is 8.17. The van der Waals surface area contributed by atoms with E-state index in [1.807, 2.05) is 18.2 Å². The zero-order chi connectivity index (χ0) is 23.5.